The first-order valence-corrected chi connectivity index (χ1v) is 8.84. The Labute approximate surface area is 130 Å². The second kappa shape index (κ2) is 7.02. The molecule has 2 fully saturated rings. The molecule has 1 aromatic rings. The molecule has 2 amide bonds. The molecule has 2 aliphatic heterocycles. The van der Waals surface area contributed by atoms with Crippen LogP contribution >= 0.6 is 11.8 Å². The minimum Gasteiger partial charge on any atom is -0.355 e. The molecule has 3 heterocycles. The molecule has 0 atom stereocenters. The lowest BCUT2D eigenvalue weighted by Gasteiger charge is -2.28. The number of rotatable bonds is 2. The summed E-state index contributed by atoms with van der Waals surface area (Å²) in [6.07, 6.45) is 3.43. The molecule has 2 aliphatic rings. The van der Waals surface area contributed by atoms with Crippen molar-refractivity contribution in [3.05, 3.63) is 18.2 Å². The number of thioether (sulfide) groups is 1. The van der Waals surface area contributed by atoms with Gasteiger partial charge in [0.25, 0.3) is 0 Å². The Morgan fingerprint density at radius 2 is 1.86 bits per heavy atom. The van der Waals surface area contributed by atoms with Crippen LogP contribution in [0.2, 0.25) is 0 Å². The Morgan fingerprint density at radius 3 is 2.62 bits per heavy atom. The van der Waals surface area contributed by atoms with Crippen LogP contribution in [0.25, 0.3) is 0 Å². The Kier molecular flexibility index (Phi) is 4.85. The maximum absolute atomic E-state index is 12.2. The third kappa shape index (κ3) is 3.81. The van der Waals surface area contributed by atoms with Gasteiger partial charge in [-0.05, 0) is 31.4 Å². The number of carbonyl (C=O) groups is 1. The molecule has 0 aliphatic carbocycles. The number of nitrogens with one attached hydrogen (secondary N) is 1. The van der Waals surface area contributed by atoms with Crippen molar-refractivity contribution < 1.29 is 4.79 Å². The van der Waals surface area contributed by atoms with E-state index < -0.39 is 0 Å². The van der Waals surface area contributed by atoms with Crippen LogP contribution in [0.4, 0.5) is 16.4 Å². The molecule has 21 heavy (non-hydrogen) atoms. The number of piperidine rings is 1. The van der Waals surface area contributed by atoms with Crippen LogP contribution in [0, 0.1) is 0 Å². The van der Waals surface area contributed by atoms with E-state index in [4.69, 9.17) is 0 Å². The molecule has 3 rings (SSSR count). The number of aromatic nitrogens is 1. The summed E-state index contributed by atoms with van der Waals surface area (Å²) in [5, 5.41) is 2.94. The molecule has 0 spiro atoms. The number of hydrogen-bond acceptors (Lipinski definition) is 4. The summed E-state index contributed by atoms with van der Waals surface area (Å²) < 4.78 is 0. The van der Waals surface area contributed by atoms with Gasteiger partial charge in [-0.2, -0.15) is 11.8 Å². The Morgan fingerprint density at radius 1 is 1.10 bits per heavy atom. The van der Waals surface area contributed by atoms with Gasteiger partial charge >= 0.3 is 6.03 Å². The highest BCUT2D eigenvalue weighted by Gasteiger charge is 2.17. The highest BCUT2D eigenvalue weighted by Crippen LogP contribution is 2.19. The number of pyridine rings is 1. The lowest BCUT2D eigenvalue weighted by molar-refractivity contribution is 0.200. The summed E-state index contributed by atoms with van der Waals surface area (Å²) in [7, 11) is 0. The molecule has 1 aromatic heterocycles. The fourth-order valence-electron chi connectivity index (χ4n) is 2.75. The molecule has 6 heteroatoms. The minimum atomic E-state index is -0.0199. The van der Waals surface area contributed by atoms with Crippen LogP contribution in [0.15, 0.2) is 18.2 Å². The predicted octanol–water partition coefficient (Wildman–Crippen LogP) is 2.65. The Balaban J connectivity index is 1.63. The van der Waals surface area contributed by atoms with Gasteiger partial charge in [-0.15, -0.1) is 0 Å². The maximum Gasteiger partial charge on any atom is 0.323 e. The average molecular weight is 306 g/mol. The molecule has 0 saturated carbocycles. The van der Waals surface area contributed by atoms with Crippen molar-refractivity contribution in [3.63, 3.8) is 0 Å². The number of likely N-dealkylation sites (tertiary alicyclic amines) is 1. The second-order valence-electron chi connectivity index (χ2n) is 5.46. The second-order valence-corrected chi connectivity index (χ2v) is 6.68. The van der Waals surface area contributed by atoms with Crippen LogP contribution < -0.4 is 10.2 Å². The SMILES string of the molecule is O=C(Nc1cccc(N2CCSCC2)n1)N1CCCCC1. The molecule has 114 valence electrons. The number of anilines is 2. The normalized spacial score (nSPS) is 19.4. The quantitative estimate of drug-likeness (QED) is 0.912. The number of nitrogens with zero attached hydrogens (tertiary/aromatic N) is 3. The molecule has 1 N–H and O–H groups in total. The molecule has 0 bridgehead atoms. The summed E-state index contributed by atoms with van der Waals surface area (Å²) in [5.41, 5.74) is 0. The van der Waals surface area contributed by atoms with E-state index in [1.807, 2.05) is 34.9 Å². The van der Waals surface area contributed by atoms with E-state index in [1.165, 1.54) is 6.42 Å². The van der Waals surface area contributed by atoms with E-state index in [0.29, 0.717) is 5.82 Å². The van der Waals surface area contributed by atoms with Crippen molar-refractivity contribution >= 4 is 29.4 Å². The monoisotopic (exact) mass is 306 g/mol. The van der Waals surface area contributed by atoms with Gasteiger partial charge in [0.15, 0.2) is 0 Å². The summed E-state index contributed by atoms with van der Waals surface area (Å²) in [5.74, 6) is 3.91. The Hall–Kier alpha value is -1.43. The third-order valence-electron chi connectivity index (χ3n) is 3.95. The fourth-order valence-corrected chi connectivity index (χ4v) is 3.65. The number of hydrogen-bond donors (Lipinski definition) is 1. The smallest absolute Gasteiger partial charge is 0.323 e. The van der Waals surface area contributed by atoms with Crippen molar-refractivity contribution in [2.75, 3.05) is 47.9 Å². The minimum absolute atomic E-state index is 0.0199. The van der Waals surface area contributed by atoms with Crippen LogP contribution in [0.3, 0.4) is 0 Å². The van der Waals surface area contributed by atoms with Crippen molar-refractivity contribution in [2.24, 2.45) is 0 Å². The Bertz CT molecular complexity index is 484. The van der Waals surface area contributed by atoms with E-state index in [2.05, 4.69) is 15.2 Å². The van der Waals surface area contributed by atoms with Gasteiger partial charge in [-0.25, -0.2) is 9.78 Å². The first-order chi connectivity index (χ1) is 10.3. The van der Waals surface area contributed by atoms with Gasteiger partial charge in [0.1, 0.15) is 11.6 Å². The van der Waals surface area contributed by atoms with Crippen LogP contribution in [0.5, 0.6) is 0 Å². The van der Waals surface area contributed by atoms with Crippen LogP contribution in [-0.2, 0) is 0 Å². The highest BCUT2D eigenvalue weighted by atomic mass is 32.2. The molecular weight excluding hydrogens is 284 g/mol. The molecule has 0 unspecified atom stereocenters. The summed E-state index contributed by atoms with van der Waals surface area (Å²) >= 11 is 1.98. The van der Waals surface area contributed by atoms with E-state index in [-0.39, 0.29) is 6.03 Å². The van der Waals surface area contributed by atoms with E-state index in [9.17, 15) is 4.79 Å². The van der Waals surface area contributed by atoms with Gasteiger partial charge in [-0.3, -0.25) is 5.32 Å². The lowest BCUT2D eigenvalue weighted by Crippen LogP contribution is -2.39. The van der Waals surface area contributed by atoms with Crippen LogP contribution in [-0.4, -0.2) is 53.6 Å². The number of urea groups is 1. The zero-order valence-corrected chi connectivity index (χ0v) is 13.1. The van der Waals surface area contributed by atoms with Crippen LogP contribution in [0.1, 0.15) is 19.3 Å². The third-order valence-corrected chi connectivity index (χ3v) is 4.89. The van der Waals surface area contributed by atoms with E-state index in [1.54, 1.807) is 0 Å². The van der Waals surface area contributed by atoms with E-state index in [0.717, 1.165) is 56.3 Å². The zero-order chi connectivity index (χ0) is 14.5. The topological polar surface area (TPSA) is 48.5 Å². The van der Waals surface area contributed by atoms with Crippen molar-refractivity contribution in [2.45, 2.75) is 19.3 Å². The summed E-state index contributed by atoms with van der Waals surface area (Å²) in [6, 6.07) is 5.83. The molecule has 5 nitrogen and oxygen atoms in total. The van der Waals surface area contributed by atoms with Gasteiger partial charge in [0, 0.05) is 37.7 Å². The van der Waals surface area contributed by atoms with E-state index >= 15 is 0 Å². The van der Waals surface area contributed by atoms with Gasteiger partial charge < -0.3 is 9.80 Å². The molecule has 2 saturated heterocycles. The largest absolute Gasteiger partial charge is 0.355 e. The van der Waals surface area contributed by atoms with Gasteiger partial charge in [0.2, 0.25) is 0 Å². The lowest BCUT2D eigenvalue weighted by atomic mass is 10.1. The van der Waals surface area contributed by atoms with Gasteiger partial charge in [0.05, 0.1) is 0 Å². The summed E-state index contributed by atoms with van der Waals surface area (Å²) in [6.45, 7) is 3.77. The predicted molar refractivity (Wildman–Crippen MR) is 88.2 cm³/mol. The number of carbonyl (C=O) groups excluding carboxylic acids is 1. The van der Waals surface area contributed by atoms with Crippen molar-refractivity contribution in [3.8, 4) is 0 Å². The highest BCUT2D eigenvalue weighted by molar-refractivity contribution is 7.99. The molecular formula is C15H22N4OS. The average Bonchev–Trinajstić information content (AvgIpc) is 2.57. The number of amides is 2. The first-order valence-electron chi connectivity index (χ1n) is 7.68. The van der Waals surface area contributed by atoms with Crippen molar-refractivity contribution in [1.82, 2.24) is 9.88 Å². The van der Waals surface area contributed by atoms with Gasteiger partial charge in [-0.1, -0.05) is 6.07 Å². The molecule has 0 radical (unpaired) electrons. The molecule has 0 aromatic carbocycles. The maximum atomic E-state index is 12.2. The zero-order valence-electron chi connectivity index (χ0n) is 12.3. The van der Waals surface area contributed by atoms with Crippen molar-refractivity contribution in [1.29, 1.82) is 0 Å². The standard InChI is InChI=1S/C15H22N4OS/c20-15(19-7-2-1-3-8-19)17-13-5-4-6-14(16-13)18-9-11-21-12-10-18/h4-6H,1-3,7-12H2,(H,16,17,20). The fraction of sp³-hybridized carbons (Fsp3) is 0.600. The summed E-state index contributed by atoms with van der Waals surface area (Å²) in [4.78, 5) is 21.0. The first kappa shape index (κ1) is 14.5.